The van der Waals surface area contributed by atoms with E-state index in [-0.39, 0.29) is 12.1 Å². The zero-order chi connectivity index (χ0) is 12.5. The van der Waals surface area contributed by atoms with Gasteiger partial charge in [0.25, 0.3) is 0 Å². The molecular weight excluding hydrogens is 221 g/mol. The van der Waals surface area contributed by atoms with Gasteiger partial charge in [0.2, 0.25) is 0 Å². The van der Waals surface area contributed by atoms with Gasteiger partial charge in [0.15, 0.2) is 6.29 Å². The largest absolute Gasteiger partial charge is 0.352 e. The number of halogens is 1. The number of nitrogens with one attached hydrogen (secondary N) is 1. The second-order valence-corrected chi connectivity index (χ2v) is 3.56. The number of rotatable bonds is 8. The molecule has 4 heteroatoms. The van der Waals surface area contributed by atoms with Gasteiger partial charge in [-0.2, -0.15) is 0 Å². The van der Waals surface area contributed by atoms with Crippen LogP contribution >= 0.6 is 0 Å². The van der Waals surface area contributed by atoms with Crippen LogP contribution in [0.2, 0.25) is 0 Å². The Morgan fingerprint density at radius 3 is 2.41 bits per heavy atom. The Labute approximate surface area is 102 Å². The van der Waals surface area contributed by atoms with Crippen LogP contribution in [0.25, 0.3) is 0 Å². The smallest absolute Gasteiger partial charge is 0.169 e. The topological polar surface area (TPSA) is 30.5 Å². The number of hydrogen-bond acceptors (Lipinski definition) is 3. The van der Waals surface area contributed by atoms with Crippen LogP contribution in [0.4, 0.5) is 4.39 Å². The number of ether oxygens (including phenoxy) is 2. The monoisotopic (exact) mass is 241 g/mol. The minimum Gasteiger partial charge on any atom is -0.352 e. The minimum absolute atomic E-state index is 0.190. The molecular formula is C13H20FNO2. The van der Waals surface area contributed by atoms with Gasteiger partial charge in [-0.1, -0.05) is 18.2 Å². The fourth-order valence-electron chi connectivity index (χ4n) is 1.50. The van der Waals surface area contributed by atoms with Crippen molar-refractivity contribution < 1.29 is 13.9 Å². The molecule has 0 spiro atoms. The summed E-state index contributed by atoms with van der Waals surface area (Å²) in [6.07, 6.45) is -0.267. The predicted molar refractivity (Wildman–Crippen MR) is 65.1 cm³/mol. The van der Waals surface area contributed by atoms with Crippen LogP contribution in [0.5, 0.6) is 0 Å². The summed E-state index contributed by atoms with van der Waals surface area (Å²) in [6, 6.07) is 6.73. The Bertz CT molecular complexity index is 314. The molecule has 1 aromatic rings. The van der Waals surface area contributed by atoms with Crippen LogP contribution in [0, 0.1) is 5.82 Å². The average molecular weight is 241 g/mol. The molecule has 0 aliphatic carbocycles. The lowest BCUT2D eigenvalue weighted by Crippen LogP contribution is -2.31. The lowest BCUT2D eigenvalue weighted by molar-refractivity contribution is -0.133. The van der Waals surface area contributed by atoms with Crippen LogP contribution < -0.4 is 5.32 Å². The van der Waals surface area contributed by atoms with Crippen molar-refractivity contribution in [2.75, 3.05) is 19.8 Å². The second kappa shape index (κ2) is 8.17. The molecule has 0 saturated heterocycles. The summed E-state index contributed by atoms with van der Waals surface area (Å²) in [5.74, 6) is -0.190. The van der Waals surface area contributed by atoms with E-state index in [2.05, 4.69) is 5.32 Å². The highest BCUT2D eigenvalue weighted by Gasteiger charge is 2.07. The summed E-state index contributed by atoms with van der Waals surface area (Å²) in [4.78, 5) is 0. The van der Waals surface area contributed by atoms with Gasteiger partial charge in [-0.15, -0.1) is 0 Å². The molecule has 0 bridgehead atoms. The van der Waals surface area contributed by atoms with Gasteiger partial charge >= 0.3 is 0 Å². The van der Waals surface area contributed by atoms with E-state index in [9.17, 15) is 4.39 Å². The van der Waals surface area contributed by atoms with Crippen molar-refractivity contribution in [2.45, 2.75) is 26.7 Å². The molecule has 0 atom stereocenters. The van der Waals surface area contributed by atoms with E-state index in [1.165, 1.54) is 6.07 Å². The maximum absolute atomic E-state index is 13.3. The van der Waals surface area contributed by atoms with Crippen molar-refractivity contribution in [1.82, 2.24) is 5.32 Å². The molecule has 0 saturated carbocycles. The van der Waals surface area contributed by atoms with Gasteiger partial charge < -0.3 is 14.8 Å². The molecule has 1 aromatic carbocycles. The quantitative estimate of drug-likeness (QED) is 0.708. The van der Waals surface area contributed by atoms with Gasteiger partial charge in [-0.25, -0.2) is 4.39 Å². The van der Waals surface area contributed by atoms with Crippen LogP contribution in [-0.4, -0.2) is 26.0 Å². The fourth-order valence-corrected chi connectivity index (χ4v) is 1.50. The average Bonchev–Trinajstić information content (AvgIpc) is 2.32. The summed E-state index contributed by atoms with van der Waals surface area (Å²) < 4.78 is 24.1. The van der Waals surface area contributed by atoms with E-state index in [1.54, 1.807) is 12.1 Å². The molecule has 0 heterocycles. The van der Waals surface area contributed by atoms with E-state index in [0.29, 0.717) is 31.9 Å². The highest BCUT2D eigenvalue weighted by molar-refractivity contribution is 5.16. The first-order chi connectivity index (χ1) is 8.27. The van der Waals surface area contributed by atoms with Crippen molar-refractivity contribution in [3.63, 3.8) is 0 Å². The third-order valence-corrected chi connectivity index (χ3v) is 2.29. The van der Waals surface area contributed by atoms with Crippen LogP contribution in [0.3, 0.4) is 0 Å². The Morgan fingerprint density at radius 2 is 1.82 bits per heavy atom. The molecule has 96 valence electrons. The van der Waals surface area contributed by atoms with E-state index >= 15 is 0 Å². The maximum Gasteiger partial charge on any atom is 0.169 e. The molecule has 1 rings (SSSR count). The Kier molecular flexibility index (Phi) is 6.77. The third kappa shape index (κ3) is 5.26. The maximum atomic E-state index is 13.3. The minimum atomic E-state index is -0.267. The standard InChI is InChI=1S/C13H20FNO2/c1-3-16-13(17-4-2)10-15-9-11-7-5-6-8-12(11)14/h5-8,13,15H,3-4,9-10H2,1-2H3. The fraction of sp³-hybridized carbons (Fsp3) is 0.538. The zero-order valence-electron chi connectivity index (χ0n) is 10.4. The molecule has 0 unspecified atom stereocenters. The molecule has 0 amide bonds. The van der Waals surface area contributed by atoms with E-state index in [1.807, 2.05) is 19.9 Å². The Hall–Kier alpha value is -0.970. The zero-order valence-corrected chi connectivity index (χ0v) is 10.4. The van der Waals surface area contributed by atoms with Crippen molar-refractivity contribution >= 4 is 0 Å². The lowest BCUT2D eigenvalue weighted by Gasteiger charge is -2.17. The first-order valence-corrected chi connectivity index (χ1v) is 5.95. The van der Waals surface area contributed by atoms with Gasteiger partial charge in [-0.05, 0) is 19.9 Å². The highest BCUT2D eigenvalue weighted by atomic mass is 19.1. The SMILES string of the molecule is CCOC(CNCc1ccccc1F)OCC. The normalized spacial score (nSPS) is 11.1. The second-order valence-electron chi connectivity index (χ2n) is 3.56. The van der Waals surface area contributed by atoms with Gasteiger partial charge in [0.05, 0.1) is 0 Å². The van der Waals surface area contributed by atoms with Gasteiger partial charge in [0, 0.05) is 31.9 Å². The summed E-state index contributed by atoms with van der Waals surface area (Å²) in [6.45, 7) is 6.07. The van der Waals surface area contributed by atoms with Crippen molar-refractivity contribution in [2.24, 2.45) is 0 Å². The predicted octanol–water partition coefficient (Wildman–Crippen LogP) is 2.31. The highest BCUT2D eigenvalue weighted by Crippen LogP contribution is 2.05. The first kappa shape index (κ1) is 14.1. The molecule has 0 radical (unpaired) electrons. The van der Waals surface area contributed by atoms with E-state index in [4.69, 9.17) is 9.47 Å². The van der Waals surface area contributed by atoms with E-state index < -0.39 is 0 Å². The summed E-state index contributed by atoms with van der Waals surface area (Å²) in [7, 11) is 0. The number of benzene rings is 1. The van der Waals surface area contributed by atoms with Crippen LogP contribution in [0.1, 0.15) is 19.4 Å². The van der Waals surface area contributed by atoms with Crippen molar-refractivity contribution in [1.29, 1.82) is 0 Å². The van der Waals surface area contributed by atoms with Crippen molar-refractivity contribution in [3.05, 3.63) is 35.6 Å². The summed E-state index contributed by atoms with van der Waals surface area (Å²) in [5, 5.41) is 3.12. The molecule has 0 fully saturated rings. The first-order valence-electron chi connectivity index (χ1n) is 5.95. The lowest BCUT2D eigenvalue weighted by atomic mass is 10.2. The molecule has 0 aliphatic heterocycles. The Morgan fingerprint density at radius 1 is 1.18 bits per heavy atom. The van der Waals surface area contributed by atoms with Crippen molar-refractivity contribution in [3.8, 4) is 0 Å². The van der Waals surface area contributed by atoms with E-state index in [0.717, 1.165) is 0 Å². The van der Waals surface area contributed by atoms with Crippen LogP contribution in [0.15, 0.2) is 24.3 Å². The van der Waals surface area contributed by atoms with Gasteiger partial charge in [-0.3, -0.25) is 0 Å². The summed E-state index contributed by atoms with van der Waals surface area (Å²) in [5.41, 5.74) is 0.652. The van der Waals surface area contributed by atoms with Gasteiger partial charge in [0.1, 0.15) is 5.82 Å². The molecule has 0 aromatic heterocycles. The molecule has 3 nitrogen and oxygen atoms in total. The number of hydrogen-bond donors (Lipinski definition) is 1. The Balaban J connectivity index is 2.33. The molecule has 0 aliphatic rings. The third-order valence-electron chi connectivity index (χ3n) is 2.29. The molecule has 17 heavy (non-hydrogen) atoms. The molecule has 1 N–H and O–H groups in total. The van der Waals surface area contributed by atoms with Crippen LogP contribution in [-0.2, 0) is 16.0 Å². The summed E-state index contributed by atoms with van der Waals surface area (Å²) >= 11 is 0.